The standard InChI is InChI=1S/C13H24N2O3/c1-4-18-13(17)10-5-7-15(8-6-10)12(16)11(14)9(2)3/h9-11H,4-8,14H2,1-3H3/t11-/m1/s1. The molecule has 1 fully saturated rings. The quantitative estimate of drug-likeness (QED) is 0.754. The zero-order chi connectivity index (χ0) is 13.7. The predicted octanol–water partition coefficient (Wildman–Crippen LogP) is 0.771. The number of hydrogen-bond donors (Lipinski definition) is 1. The summed E-state index contributed by atoms with van der Waals surface area (Å²) in [5, 5.41) is 0. The zero-order valence-corrected chi connectivity index (χ0v) is 11.5. The van der Waals surface area contributed by atoms with Gasteiger partial charge in [-0.05, 0) is 25.7 Å². The maximum Gasteiger partial charge on any atom is 0.309 e. The van der Waals surface area contributed by atoms with Crippen molar-refractivity contribution in [3.63, 3.8) is 0 Å². The van der Waals surface area contributed by atoms with Gasteiger partial charge in [-0.25, -0.2) is 0 Å². The van der Waals surface area contributed by atoms with Crippen molar-refractivity contribution in [3.05, 3.63) is 0 Å². The minimum absolute atomic E-state index is 0.00712. The van der Waals surface area contributed by atoms with Crippen LogP contribution in [-0.2, 0) is 14.3 Å². The molecule has 0 saturated carbocycles. The van der Waals surface area contributed by atoms with Crippen molar-refractivity contribution in [2.45, 2.75) is 39.7 Å². The third-order valence-corrected chi connectivity index (χ3v) is 3.43. The van der Waals surface area contributed by atoms with Gasteiger partial charge >= 0.3 is 5.97 Å². The lowest BCUT2D eigenvalue weighted by Gasteiger charge is -2.33. The molecule has 0 spiro atoms. The van der Waals surface area contributed by atoms with Crippen LogP contribution in [0.1, 0.15) is 33.6 Å². The number of hydrogen-bond acceptors (Lipinski definition) is 4. The molecule has 1 atom stereocenters. The molecule has 0 aromatic rings. The highest BCUT2D eigenvalue weighted by molar-refractivity contribution is 5.82. The summed E-state index contributed by atoms with van der Waals surface area (Å²) in [5.74, 6) is -0.0744. The Morgan fingerprint density at radius 1 is 1.33 bits per heavy atom. The smallest absolute Gasteiger partial charge is 0.309 e. The van der Waals surface area contributed by atoms with Crippen LogP contribution < -0.4 is 5.73 Å². The first-order chi connectivity index (χ1) is 8.47. The van der Waals surface area contributed by atoms with E-state index >= 15 is 0 Å². The van der Waals surface area contributed by atoms with Crippen molar-refractivity contribution in [1.29, 1.82) is 0 Å². The van der Waals surface area contributed by atoms with Gasteiger partial charge in [0.25, 0.3) is 0 Å². The van der Waals surface area contributed by atoms with Crippen LogP contribution in [0.4, 0.5) is 0 Å². The summed E-state index contributed by atoms with van der Waals surface area (Å²) in [4.78, 5) is 25.4. The Bertz CT molecular complexity index is 297. The second kappa shape index (κ2) is 6.73. The fraction of sp³-hybridized carbons (Fsp3) is 0.846. The fourth-order valence-electron chi connectivity index (χ4n) is 2.09. The van der Waals surface area contributed by atoms with Gasteiger partial charge < -0.3 is 15.4 Å². The molecule has 1 aliphatic rings. The van der Waals surface area contributed by atoms with Crippen LogP contribution in [0.25, 0.3) is 0 Å². The molecule has 1 rings (SSSR count). The second-order valence-corrected chi connectivity index (χ2v) is 5.12. The lowest BCUT2D eigenvalue weighted by Crippen LogP contribution is -2.49. The molecule has 0 radical (unpaired) electrons. The number of nitrogens with zero attached hydrogens (tertiary/aromatic N) is 1. The van der Waals surface area contributed by atoms with E-state index in [0.717, 1.165) is 0 Å². The maximum absolute atomic E-state index is 12.0. The molecule has 0 aliphatic carbocycles. The molecule has 1 amide bonds. The molecular formula is C13H24N2O3. The van der Waals surface area contributed by atoms with Gasteiger partial charge in [-0.1, -0.05) is 13.8 Å². The van der Waals surface area contributed by atoms with Crippen molar-refractivity contribution in [2.75, 3.05) is 19.7 Å². The first-order valence-corrected chi connectivity index (χ1v) is 6.68. The predicted molar refractivity (Wildman–Crippen MR) is 68.8 cm³/mol. The van der Waals surface area contributed by atoms with Crippen LogP contribution in [0.2, 0.25) is 0 Å². The molecular weight excluding hydrogens is 232 g/mol. The van der Waals surface area contributed by atoms with Gasteiger partial charge in [0.15, 0.2) is 0 Å². The van der Waals surface area contributed by atoms with Crippen LogP contribution in [0, 0.1) is 11.8 Å². The number of esters is 1. The topological polar surface area (TPSA) is 72.6 Å². The van der Waals surface area contributed by atoms with Crippen LogP contribution in [0.3, 0.4) is 0 Å². The van der Waals surface area contributed by atoms with Gasteiger partial charge in [0.05, 0.1) is 18.6 Å². The number of rotatable bonds is 4. The number of likely N-dealkylation sites (tertiary alicyclic amines) is 1. The van der Waals surface area contributed by atoms with Crippen LogP contribution in [0.15, 0.2) is 0 Å². The van der Waals surface area contributed by atoms with E-state index in [1.165, 1.54) is 0 Å². The summed E-state index contributed by atoms with van der Waals surface area (Å²) in [6.45, 7) is 7.29. The zero-order valence-electron chi connectivity index (χ0n) is 11.5. The van der Waals surface area contributed by atoms with E-state index in [9.17, 15) is 9.59 Å². The number of carbonyl (C=O) groups is 2. The number of piperidine rings is 1. The van der Waals surface area contributed by atoms with E-state index in [0.29, 0.717) is 32.5 Å². The molecule has 2 N–H and O–H groups in total. The first kappa shape index (κ1) is 15.0. The highest BCUT2D eigenvalue weighted by atomic mass is 16.5. The van der Waals surface area contributed by atoms with Crippen LogP contribution in [-0.4, -0.2) is 42.5 Å². The van der Waals surface area contributed by atoms with Gasteiger partial charge in [0.2, 0.25) is 5.91 Å². The average Bonchev–Trinajstić information content (AvgIpc) is 2.37. The van der Waals surface area contributed by atoms with Gasteiger partial charge in [-0.15, -0.1) is 0 Å². The Labute approximate surface area is 109 Å². The number of ether oxygens (including phenoxy) is 1. The minimum atomic E-state index is -0.441. The van der Waals surface area contributed by atoms with Crippen molar-refractivity contribution >= 4 is 11.9 Å². The summed E-state index contributed by atoms with van der Waals surface area (Å²) in [6.07, 6.45) is 1.35. The Balaban J connectivity index is 2.44. The molecule has 5 heteroatoms. The van der Waals surface area contributed by atoms with Gasteiger partial charge in [0.1, 0.15) is 0 Å². The lowest BCUT2D eigenvalue weighted by atomic mass is 9.95. The Morgan fingerprint density at radius 3 is 2.33 bits per heavy atom. The van der Waals surface area contributed by atoms with Crippen LogP contribution >= 0.6 is 0 Å². The number of nitrogens with two attached hydrogens (primary N) is 1. The van der Waals surface area contributed by atoms with Crippen molar-refractivity contribution in [3.8, 4) is 0 Å². The summed E-state index contributed by atoms with van der Waals surface area (Å²) in [5.41, 5.74) is 5.85. The minimum Gasteiger partial charge on any atom is -0.466 e. The number of amides is 1. The van der Waals surface area contributed by atoms with E-state index in [2.05, 4.69) is 0 Å². The fourth-order valence-corrected chi connectivity index (χ4v) is 2.09. The monoisotopic (exact) mass is 256 g/mol. The van der Waals surface area contributed by atoms with Crippen molar-refractivity contribution in [2.24, 2.45) is 17.6 Å². The van der Waals surface area contributed by atoms with E-state index in [4.69, 9.17) is 10.5 Å². The molecule has 0 unspecified atom stereocenters. The maximum atomic E-state index is 12.0. The molecule has 0 bridgehead atoms. The molecule has 18 heavy (non-hydrogen) atoms. The molecule has 104 valence electrons. The van der Waals surface area contributed by atoms with Gasteiger partial charge in [-0.3, -0.25) is 9.59 Å². The third kappa shape index (κ3) is 3.70. The van der Waals surface area contributed by atoms with E-state index in [1.54, 1.807) is 11.8 Å². The number of carbonyl (C=O) groups excluding carboxylic acids is 2. The summed E-state index contributed by atoms with van der Waals surface area (Å²) >= 11 is 0. The molecule has 5 nitrogen and oxygen atoms in total. The highest BCUT2D eigenvalue weighted by Crippen LogP contribution is 2.19. The SMILES string of the molecule is CCOC(=O)C1CCN(C(=O)[C@H](N)C(C)C)CC1. The normalized spacial score (nSPS) is 18.8. The molecule has 1 aliphatic heterocycles. The first-order valence-electron chi connectivity index (χ1n) is 6.68. The summed E-state index contributed by atoms with van der Waals surface area (Å²) < 4.78 is 5.00. The third-order valence-electron chi connectivity index (χ3n) is 3.43. The average molecular weight is 256 g/mol. The van der Waals surface area contributed by atoms with Gasteiger partial charge in [0, 0.05) is 13.1 Å². The van der Waals surface area contributed by atoms with Gasteiger partial charge in [-0.2, -0.15) is 0 Å². The Morgan fingerprint density at radius 2 is 1.89 bits per heavy atom. The lowest BCUT2D eigenvalue weighted by molar-refractivity contribution is -0.151. The largest absolute Gasteiger partial charge is 0.466 e. The van der Waals surface area contributed by atoms with Crippen LogP contribution in [0.5, 0.6) is 0 Å². The summed E-state index contributed by atoms with van der Waals surface area (Å²) in [7, 11) is 0. The highest BCUT2D eigenvalue weighted by Gasteiger charge is 2.30. The summed E-state index contributed by atoms with van der Waals surface area (Å²) in [6, 6.07) is -0.441. The van der Waals surface area contributed by atoms with E-state index < -0.39 is 6.04 Å². The second-order valence-electron chi connectivity index (χ2n) is 5.12. The molecule has 1 heterocycles. The van der Waals surface area contributed by atoms with Crippen molar-refractivity contribution < 1.29 is 14.3 Å². The van der Waals surface area contributed by atoms with E-state index in [1.807, 2.05) is 13.8 Å². The van der Waals surface area contributed by atoms with E-state index in [-0.39, 0.29) is 23.7 Å². The molecule has 0 aromatic carbocycles. The van der Waals surface area contributed by atoms with Crippen molar-refractivity contribution in [1.82, 2.24) is 4.90 Å². The Hall–Kier alpha value is -1.10. The Kier molecular flexibility index (Phi) is 5.59. The molecule has 1 saturated heterocycles. The molecule has 0 aromatic heterocycles.